The van der Waals surface area contributed by atoms with Gasteiger partial charge in [0.2, 0.25) is 0 Å². The van der Waals surface area contributed by atoms with Gasteiger partial charge in [0.1, 0.15) is 0 Å². The maximum Gasteiger partial charge on any atom is 0.0900 e. The third-order valence-electron chi connectivity index (χ3n) is 4.45. The fraction of sp³-hybridized carbons (Fsp3) is 0.812. The number of hydrogen-bond acceptors (Lipinski definition) is 3. The molecule has 19 heavy (non-hydrogen) atoms. The van der Waals surface area contributed by atoms with E-state index < -0.39 is 0 Å². The maximum absolute atomic E-state index is 4.55. The highest BCUT2D eigenvalue weighted by Crippen LogP contribution is 2.29. The first kappa shape index (κ1) is 15.0. The van der Waals surface area contributed by atoms with E-state index in [2.05, 4.69) is 38.0 Å². The van der Waals surface area contributed by atoms with Crippen LogP contribution in [0.2, 0.25) is 0 Å². The third-order valence-corrected chi connectivity index (χ3v) is 5.71. The summed E-state index contributed by atoms with van der Waals surface area (Å²) in [6, 6.07) is 1.05. The molecule has 1 N–H and O–H groups in total. The van der Waals surface area contributed by atoms with Gasteiger partial charge in [-0.15, -0.1) is 11.3 Å². The summed E-state index contributed by atoms with van der Waals surface area (Å²) in [6.07, 6.45) is 8.52. The Kier molecular flexibility index (Phi) is 5.40. The van der Waals surface area contributed by atoms with Crippen molar-refractivity contribution in [2.24, 2.45) is 5.92 Å². The van der Waals surface area contributed by atoms with Gasteiger partial charge in [-0.05, 0) is 46.5 Å². The molecule has 1 aromatic rings. The summed E-state index contributed by atoms with van der Waals surface area (Å²) in [5, 5.41) is 5.00. The Bertz CT molecular complexity index is 391. The standard InChI is InChI=1S/C16H28N2S/c1-11(15-9-7-5-6-8-10-15)17-12(2)16-13(3)18-14(4)19-16/h11-12,15,17H,5-10H2,1-4H3/t11-,12?/m1/s1. The van der Waals surface area contributed by atoms with Crippen molar-refractivity contribution >= 4 is 11.3 Å². The van der Waals surface area contributed by atoms with Gasteiger partial charge in [0.15, 0.2) is 0 Å². The molecule has 2 nitrogen and oxygen atoms in total. The molecule has 1 fully saturated rings. The second-order valence-corrected chi connectivity index (χ2v) is 7.35. The fourth-order valence-electron chi connectivity index (χ4n) is 3.37. The van der Waals surface area contributed by atoms with Crippen LogP contribution in [-0.2, 0) is 0 Å². The van der Waals surface area contributed by atoms with Crippen LogP contribution in [0.1, 0.15) is 74.0 Å². The summed E-state index contributed by atoms with van der Waals surface area (Å²) in [5.41, 5.74) is 1.20. The first-order valence-corrected chi connectivity index (χ1v) is 8.59. The molecular weight excluding hydrogens is 252 g/mol. The average Bonchev–Trinajstić information content (AvgIpc) is 2.58. The highest BCUT2D eigenvalue weighted by atomic mass is 32.1. The summed E-state index contributed by atoms with van der Waals surface area (Å²) < 4.78 is 0. The normalized spacial score (nSPS) is 21.1. The lowest BCUT2D eigenvalue weighted by Crippen LogP contribution is -2.35. The molecule has 1 unspecified atom stereocenters. The highest BCUT2D eigenvalue weighted by Gasteiger charge is 2.22. The number of aromatic nitrogens is 1. The van der Waals surface area contributed by atoms with Gasteiger partial charge >= 0.3 is 0 Å². The van der Waals surface area contributed by atoms with Gasteiger partial charge in [-0.25, -0.2) is 4.98 Å². The molecule has 108 valence electrons. The topological polar surface area (TPSA) is 24.9 Å². The Balaban J connectivity index is 1.93. The Labute approximate surface area is 122 Å². The molecule has 1 saturated carbocycles. The molecule has 3 heteroatoms. The van der Waals surface area contributed by atoms with Gasteiger partial charge in [0.25, 0.3) is 0 Å². The van der Waals surface area contributed by atoms with Crippen molar-refractivity contribution in [1.82, 2.24) is 10.3 Å². The number of aryl methyl sites for hydroxylation is 2. The molecule has 1 aromatic heterocycles. The van der Waals surface area contributed by atoms with Crippen LogP contribution < -0.4 is 5.32 Å². The zero-order valence-electron chi connectivity index (χ0n) is 12.8. The predicted octanol–water partition coefficient (Wildman–Crippen LogP) is 4.77. The lowest BCUT2D eigenvalue weighted by Gasteiger charge is -2.27. The van der Waals surface area contributed by atoms with E-state index >= 15 is 0 Å². The SMILES string of the molecule is Cc1nc(C)c(C(C)N[C@H](C)C2CCCCCC2)s1. The molecule has 0 aliphatic heterocycles. The van der Waals surface area contributed by atoms with Crippen LogP contribution in [0, 0.1) is 19.8 Å². The van der Waals surface area contributed by atoms with Gasteiger partial charge < -0.3 is 5.32 Å². The van der Waals surface area contributed by atoms with E-state index in [9.17, 15) is 0 Å². The van der Waals surface area contributed by atoms with Crippen LogP contribution in [-0.4, -0.2) is 11.0 Å². The maximum atomic E-state index is 4.55. The average molecular weight is 280 g/mol. The van der Waals surface area contributed by atoms with Crippen LogP contribution in [0.3, 0.4) is 0 Å². The van der Waals surface area contributed by atoms with Gasteiger partial charge in [-0.1, -0.05) is 25.7 Å². The van der Waals surface area contributed by atoms with Crippen molar-refractivity contribution in [3.63, 3.8) is 0 Å². The minimum atomic E-state index is 0.435. The molecule has 2 atom stereocenters. The number of rotatable bonds is 4. The molecule has 0 aromatic carbocycles. The lowest BCUT2D eigenvalue weighted by atomic mass is 9.92. The summed E-state index contributed by atoms with van der Waals surface area (Å²) in [7, 11) is 0. The van der Waals surface area contributed by atoms with Crippen molar-refractivity contribution in [2.75, 3.05) is 0 Å². The summed E-state index contributed by atoms with van der Waals surface area (Å²) in [4.78, 5) is 5.96. The van der Waals surface area contributed by atoms with Crippen LogP contribution in [0.5, 0.6) is 0 Å². The first-order valence-electron chi connectivity index (χ1n) is 7.78. The zero-order chi connectivity index (χ0) is 13.8. The van der Waals surface area contributed by atoms with Gasteiger partial charge in [-0.2, -0.15) is 0 Å². The number of thiazole rings is 1. The lowest BCUT2D eigenvalue weighted by molar-refractivity contribution is 0.317. The molecule has 0 amide bonds. The molecule has 1 heterocycles. The van der Waals surface area contributed by atoms with E-state index in [1.165, 1.54) is 54.1 Å². The van der Waals surface area contributed by atoms with Crippen molar-refractivity contribution in [1.29, 1.82) is 0 Å². The second kappa shape index (κ2) is 6.85. The molecule has 0 bridgehead atoms. The van der Waals surface area contributed by atoms with Crippen LogP contribution in [0.15, 0.2) is 0 Å². The predicted molar refractivity (Wildman–Crippen MR) is 83.8 cm³/mol. The van der Waals surface area contributed by atoms with Crippen LogP contribution in [0.25, 0.3) is 0 Å². The fourth-order valence-corrected chi connectivity index (χ4v) is 4.30. The first-order chi connectivity index (χ1) is 9.08. The van der Waals surface area contributed by atoms with E-state index in [0.717, 1.165) is 5.92 Å². The van der Waals surface area contributed by atoms with Crippen molar-refractivity contribution in [3.8, 4) is 0 Å². The third kappa shape index (κ3) is 4.03. The Morgan fingerprint density at radius 2 is 1.74 bits per heavy atom. The smallest absolute Gasteiger partial charge is 0.0900 e. The van der Waals surface area contributed by atoms with Gasteiger partial charge in [-0.3, -0.25) is 0 Å². The monoisotopic (exact) mass is 280 g/mol. The molecule has 1 aliphatic carbocycles. The quantitative estimate of drug-likeness (QED) is 0.804. The van der Waals surface area contributed by atoms with E-state index in [-0.39, 0.29) is 0 Å². The minimum Gasteiger partial charge on any atom is -0.307 e. The Morgan fingerprint density at radius 3 is 2.26 bits per heavy atom. The second-order valence-electron chi connectivity index (χ2n) is 6.11. The Hall–Kier alpha value is -0.410. The molecule has 0 radical (unpaired) electrons. The number of nitrogens with one attached hydrogen (secondary N) is 1. The zero-order valence-corrected chi connectivity index (χ0v) is 13.6. The van der Waals surface area contributed by atoms with Gasteiger partial charge in [0.05, 0.1) is 10.7 Å². The van der Waals surface area contributed by atoms with Crippen molar-refractivity contribution < 1.29 is 0 Å². The van der Waals surface area contributed by atoms with Crippen LogP contribution in [0.4, 0.5) is 0 Å². The summed E-state index contributed by atoms with van der Waals surface area (Å²) >= 11 is 1.84. The minimum absolute atomic E-state index is 0.435. The molecule has 1 aliphatic rings. The van der Waals surface area contributed by atoms with E-state index in [0.29, 0.717) is 12.1 Å². The number of nitrogens with zero attached hydrogens (tertiary/aromatic N) is 1. The molecule has 0 spiro atoms. The highest BCUT2D eigenvalue weighted by molar-refractivity contribution is 7.11. The van der Waals surface area contributed by atoms with E-state index in [1.54, 1.807) is 0 Å². The molecule has 2 rings (SSSR count). The van der Waals surface area contributed by atoms with Gasteiger partial charge in [0, 0.05) is 17.0 Å². The largest absolute Gasteiger partial charge is 0.307 e. The molecular formula is C16H28N2S. The van der Waals surface area contributed by atoms with E-state index in [4.69, 9.17) is 0 Å². The van der Waals surface area contributed by atoms with E-state index in [1.807, 2.05) is 11.3 Å². The Morgan fingerprint density at radius 1 is 1.11 bits per heavy atom. The van der Waals surface area contributed by atoms with Crippen molar-refractivity contribution in [3.05, 3.63) is 15.6 Å². The summed E-state index contributed by atoms with van der Waals surface area (Å²) in [5.74, 6) is 0.860. The summed E-state index contributed by atoms with van der Waals surface area (Å²) in [6.45, 7) is 8.89. The number of hydrogen-bond donors (Lipinski definition) is 1. The molecule has 0 saturated heterocycles. The van der Waals surface area contributed by atoms with Crippen molar-refractivity contribution in [2.45, 2.75) is 78.3 Å². The van der Waals surface area contributed by atoms with Crippen LogP contribution >= 0.6 is 11.3 Å².